The van der Waals surface area contributed by atoms with E-state index in [1.54, 1.807) is 19.1 Å². The van der Waals surface area contributed by atoms with E-state index < -0.39 is 11.0 Å². The zero-order valence-electron chi connectivity index (χ0n) is 20.8. The number of nitro benzene ring substituents is 1. The number of hydrogen-bond donors (Lipinski definition) is 2. The number of fused-ring (bicyclic) bond motifs is 1. The summed E-state index contributed by atoms with van der Waals surface area (Å²) in [4.78, 5) is 36.5. The smallest absolute Gasteiger partial charge is 0.319 e. The number of nitrogens with zero attached hydrogens (tertiary/aromatic N) is 5. The minimum Gasteiger partial charge on any atom is -0.362 e. The molecule has 10 heteroatoms. The molecule has 3 N–H and O–H groups in total. The summed E-state index contributed by atoms with van der Waals surface area (Å²) in [5.74, 6) is 1.90. The number of benzene rings is 1. The van der Waals surface area contributed by atoms with E-state index in [4.69, 9.17) is 15.7 Å². The van der Waals surface area contributed by atoms with E-state index in [0.29, 0.717) is 23.7 Å². The van der Waals surface area contributed by atoms with Crippen LogP contribution < -0.4 is 20.9 Å². The predicted octanol–water partition coefficient (Wildman–Crippen LogP) is 4.19. The lowest BCUT2D eigenvalue weighted by Gasteiger charge is -2.33. The van der Waals surface area contributed by atoms with Gasteiger partial charge in [-0.3, -0.25) is 15.0 Å². The van der Waals surface area contributed by atoms with Crippen molar-refractivity contribution in [3.63, 3.8) is 0 Å². The summed E-state index contributed by atoms with van der Waals surface area (Å²) in [7, 11) is 4.05. The quantitative estimate of drug-likeness (QED) is 0.448. The van der Waals surface area contributed by atoms with Crippen LogP contribution in [0.4, 0.5) is 27.9 Å². The van der Waals surface area contributed by atoms with E-state index in [2.05, 4.69) is 10.2 Å². The number of nitrogens with two attached hydrogens (primary N) is 1. The fourth-order valence-corrected chi connectivity index (χ4v) is 5.37. The van der Waals surface area contributed by atoms with Gasteiger partial charge in [0.1, 0.15) is 11.5 Å². The van der Waals surface area contributed by atoms with Gasteiger partial charge in [-0.15, -0.1) is 0 Å². The van der Waals surface area contributed by atoms with Gasteiger partial charge in [0.15, 0.2) is 0 Å². The molecule has 188 valence electrons. The maximum absolute atomic E-state index is 12.3. The highest BCUT2D eigenvalue weighted by Gasteiger charge is 2.30. The molecule has 10 nitrogen and oxygen atoms in total. The summed E-state index contributed by atoms with van der Waals surface area (Å²) in [5.41, 5.74) is 8.97. The highest BCUT2D eigenvalue weighted by molar-refractivity contribution is 5.94. The Hall–Kier alpha value is -3.43. The number of urea groups is 1. The Morgan fingerprint density at radius 2 is 1.89 bits per heavy atom. The van der Waals surface area contributed by atoms with Crippen molar-refractivity contribution in [1.82, 2.24) is 9.97 Å². The maximum Gasteiger partial charge on any atom is 0.319 e. The van der Waals surface area contributed by atoms with Crippen LogP contribution in [0, 0.1) is 23.0 Å². The Morgan fingerprint density at radius 3 is 2.54 bits per heavy atom. The van der Waals surface area contributed by atoms with Crippen molar-refractivity contribution in [2.45, 2.75) is 64.3 Å². The fourth-order valence-electron chi connectivity index (χ4n) is 5.37. The van der Waals surface area contributed by atoms with Gasteiger partial charge in [0, 0.05) is 38.3 Å². The van der Waals surface area contributed by atoms with Gasteiger partial charge in [-0.1, -0.05) is 12.1 Å². The van der Waals surface area contributed by atoms with Crippen molar-refractivity contribution in [3.05, 3.63) is 45.1 Å². The Balaban J connectivity index is 1.43. The van der Waals surface area contributed by atoms with E-state index in [9.17, 15) is 14.9 Å². The number of hydrogen-bond acceptors (Lipinski definition) is 7. The number of nitro groups is 1. The molecule has 2 aliphatic rings. The first-order valence-electron chi connectivity index (χ1n) is 12.4. The Labute approximate surface area is 206 Å². The summed E-state index contributed by atoms with van der Waals surface area (Å²) in [5, 5.41) is 15.1. The Morgan fingerprint density at radius 1 is 1.17 bits per heavy atom. The number of primary amides is 1. The molecule has 2 aliphatic carbocycles. The highest BCUT2D eigenvalue weighted by Crippen LogP contribution is 2.35. The number of aromatic nitrogens is 2. The molecule has 1 heterocycles. The number of amides is 2. The van der Waals surface area contributed by atoms with Crippen LogP contribution in [-0.2, 0) is 12.8 Å². The molecule has 1 aromatic carbocycles. The Kier molecular flexibility index (Phi) is 7.37. The molecule has 0 radical (unpaired) electrons. The SMILES string of the molecule is Cc1cccc([N+](=O)[O-])c1N(C[C@H]1CC[C@@H](Nc2nc3c(c(N(C)C)n2)CCCC3)CC1)C(N)=O. The van der Waals surface area contributed by atoms with Gasteiger partial charge < -0.3 is 16.0 Å². The molecule has 2 aromatic rings. The van der Waals surface area contributed by atoms with Gasteiger partial charge in [-0.2, -0.15) is 4.98 Å². The second-order valence-electron chi connectivity index (χ2n) is 9.91. The first kappa shape index (κ1) is 24.7. The van der Waals surface area contributed by atoms with E-state index in [1.807, 2.05) is 14.1 Å². The van der Waals surface area contributed by atoms with Crippen LogP contribution in [0.2, 0.25) is 0 Å². The van der Waals surface area contributed by atoms with Crippen molar-refractivity contribution >= 4 is 29.2 Å². The molecule has 0 aliphatic heterocycles. The van der Waals surface area contributed by atoms with Crippen LogP contribution in [0.5, 0.6) is 0 Å². The number of rotatable bonds is 7. The molecule has 0 unspecified atom stereocenters. The number of carbonyl (C=O) groups is 1. The zero-order chi connectivity index (χ0) is 25.1. The summed E-state index contributed by atoms with van der Waals surface area (Å²) >= 11 is 0. The third kappa shape index (κ3) is 5.47. The lowest BCUT2D eigenvalue weighted by molar-refractivity contribution is -0.384. The largest absolute Gasteiger partial charge is 0.362 e. The fraction of sp³-hybridized carbons (Fsp3) is 0.560. The minimum absolute atomic E-state index is 0.0968. The van der Waals surface area contributed by atoms with Crippen LogP contribution in [0.25, 0.3) is 0 Å². The Bertz CT molecular complexity index is 1100. The lowest BCUT2D eigenvalue weighted by atomic mass is 9.85. The third-order valence-electron chi connectivity index (χ3n) is 7.15. The number of anilines is 3. The molecule has 0 saturated heterocycles. The molecule has 4 rings (SSSR count). The zero-order valence-corrected chi connectivity index (χ0v) is 20.8. The van der Waals surface area contributed by atoms with Crippen LogP contribution >= 0.6 is 0 Å². The van der Waals surface area contributed by atoms with Gasteiger partial charge in [0.05, 0.1) is 10.6 Å². The number of carbonyl (C=O) groups excluding carboxylic acids is 1. The van der Waals surface area contributed by atoms with Crippen LogP contribution in [-0.4, -0.2) is 47.6 Å². The van der Waals surface area contributed by atoms with E-state index in [0.717, 1.165) is 56.5 Å². The second-order valence-corrected chi connectivity index (χ2v) is 9.91. The first-order chi connectivity index (χ1) is 16.7. The average molecular weight is 482 g/mol. The molecule has 0 atom stereocenters. The van der Waals surface area contributed by atoms with Crippen molar-refractivity contribution in [2.24, 2.45) is 11.7 Å². The van der Waals surface area contributed by atoms with Gasteiger partial charge in [-0.05, 0) is 69.8 Å². The van der Waals surface area contributed by atoms with Crippen molar-refractivity contribution < 1.29 is 9.72 Å². The highest BCUT2D eigenvalue weighted by atomic mass is 16.6. The second kappa shape index (κ2) is 10.5. The van der Waals surface area contributed by atoms with Crippen LogP contribution in [0.3, 0.4) is 0 Å². The molecule has 0 bridgehead atoms. The van der Waals surface area contributed by atoms with E-state index in [-0.39, 0.29) is 17.6 Å². The molecule has 0 spiro atoms. The summed E-state index contributed by atoms with van der Waals surface area (Å²) < 4.78 is 0. The minimum atomic E-state index is -0.665. The monoisotopic (exact) mass is 481 g/mol. The van der Waals surface area contributed by atoms with Gasteiger partial charge in [-0.25, -0.2) is 9.78 Å². The third-order valence-corrected chi connectivity index (χ3v) is 7.15. The summed E-state index contributed by atoms with van der Waals surface area (Å²) in [6, 6.07) is 4.38. The average Bonchev–Trinajstić information content (AvgIpc) is 2.83. The molecule has 35 heavy (non-hydrogen) atoms. The van der Waals surface area contributed by atoms with Gasteiger partial charge >= 0.3 is 6.03 Å². The molecular weight excluding hydrogens is 446 g/mol. The topological polar surface area (TPSA) is 131 Å². The normalized spacial score (nSPS) is 19.5. The molecule has 1 aromatic heterocycles. The first-order valence-corrected chi connectivity index (χ1v) is 12.4. The van der Waals surface area contributed by atoms with E-state index >= 15 is 0 Å². The van der Waals surface area contributed by atoms with Gasteiger partial charge in [0.25, 0.3) is 5.69 Å². The molecule has 1 saturated carbocycles. The predicted molar refractivity (Wildman–Crippen MR) is 137 cm³/mol. The number of aryl methyl sites for hydroxylation is 2. The lowest BCUT2D eigenvalue weighted by Crippen LogP contribution is -2.41. The van der Waals surface area contributed by atoms with Gasteiger partial charge in [0.2, 0.25) is 5.95 Å². The number of nitrogens with one attached hydrogen (secondary N) is 1. The van der Waals surface area contributed by atoms with E-state index in [1.165, 1.54) is 23.0 Å². The summed E-state index contributed by atoms with van der Waals surface area (Å²) in [6.07, 6.45) is 7.95. The number of para-hydroxylation sites is 1. The van der Waals surface area contributed by atoms with Crippen LogP contribution in [0.1, 0.15) is 55.3 Å². The van der Waals surface area contributed by atoms with Crippen molar-refractivity contribution in [1.29, 1.82) is 0 Å². The molecule has 2 amide bonds. The van der Waals surface area contributed by atoms with Crippen molar-refractivity contribution in [3.8, 4) is 0 Å². The molecule has 1 fully saturated rings. The molecular formula is C25H35N7O3. The van der Waals surface area contributed by atoms with Crippen LogP contribution in [0.15, 0.2) is 18.2 Å². The maximum atomic E-state index is 12.3. The summed E-state index contributed by atoms with van der Waals surface area (Å²) in [6.45, 7) is 2.13. The standard InChI is InChI=1S/C25H35N7O3/c1-16-7-6-10-21(32(34)35)22(16)31(24(26)33)15-17-11-13-18(14-12-17)27-25-28-20-9-5-4-8-19(20)23(29-25)30(2)3/h6-7,10,17-18H,4-5,8-9,11-15H2,1-3H3,(H2,26,33)(H,27,28,29)/t17-,18+. The van der Waals surface area contributed by atoms with Crippen molar-refractivity contribution in [2.75, 3.05) is 35.8 Å².